The third kappa shape index (κ3) is 5.18. The van der Waals surface area contributed by atoms with Crippen LogP contribution in [0.4, 0.5) is 19.0 Å². The highest BCUT2D eigenvalue weighted by molar-refractivity contribution is 5.59. The van der Waals surface area contributed by atoms with Crippen LogP contribution < -0.4 is 9.64 Å². The van der Waals surface area contributed by atoms with E-state index in [1.54, 1.807) is 0 Å². The van der Waals surface area contributed by atoms with Crippen molar-refractivity contribution < 1.29 is 22.4 Å². The van der Waals surface area contributed by atoms with Crippen LogP contribution in [0.25, 0.3) is 23.0 Å². The minimum Gasteiger partial charge on any atom is -0.406 e. The molecule has 1 aliphatic heterocycles. The van der Waals surface area contributed by atoms with E-state index in [0.29, 0.717) is 23.8 Å². The molecule has 36 heavy (non-hydrogen) atoms. The van der Waals surface area contributed by atoms with Gasteiger partial charge in [-0.1, -0.05) is 5.16 Å². The summed E-state index contributed by atoms with van der Waals surface area (Å²) in [6, 6.07) is 11.7. The minimum absolute atomic E-state index is 0.216. The molecule has 1 aromatic carbocycles. The first-order valence-electron chi connectivity index (χ1n) is 11.3. The maximum atomic E-state index is 12.4. The number of halogens is 3. The number of benzene rings is 1. The topological polar surface area (TPSA) is 85.3 Å². The van der Waals surface area contributed by atoms with Crippen LogP contribution >= 0.6 is 0 Å². The van der Waals surface area contributed by atoms with Crippen LogP contribution in [-0.4, -0.2) is 69.4 Å². The third-order valence-electron chi connectivity index (χ3n) is 6.03. The van der Waals surface area contributed by atoms with E-state index < -0.39 is 6.36 Å². The summed E-state index contributed by atoms with van der Waals surface area (Å²) in [6.45, 7) is 4.39. The van der Waals surface area contributed by atoms with Crippen LogP contribution in [0.3, 0.4) is 0 Å². The quantitative estimate of drug-likeness (QED) is 0.377. The summed E-state index contributed by atoms with van der Waals surface area (Å²) < 4.78 is 48.2. The fourth-order valence-electron chi connectivity index (χ4n) is 3.90. The molecule has 0 spiro atoms. The number of alkyl halides is 3. The molecule has 1 aliphatic rings. The van der Waals surface area contributed by atoms with Gasteiger partial charge in [0.1, 0.15) is 11.6 Å². The molecule has 5 rings (SSSR count). The van der Waals surface area contributed by atoms with Gasteiger partial charge in [-0.3, -0.25) is 4.68 Å². The summed E-state index contributed by atoms with van der Waals surface area (Å²) in [5, 5.41) is 8.55. The van der Waals surface area contributed by atoms with Gasteiger partial charge in [0, 0.05) is 36.6 Å². The smallest absolute Gasteiger partial charge is 0.406 e. The second-order valence-corrected chi connectivity index (χ2v) is 8.87. The van der Waals surface area contributed by atoms with Crippen molar-refractivity contribution in [2.24, 2.45) is 0 Å². The van der Waals surface area contributed by atoms with Crippen molar-refractivity contribution >= 4 is 5.82 Å². The van der Waals surface area contributed by atoms with E-state index in [2.05, 4.69) is 54.9 Å². The number of likely N-dealkylation sites (N-methyl/N-ethyl adjacent to an activating group) is 1. The molecule has 1 fully saturated rings. The molecule has 0 N–H and O–H groups in total. The lowest BCUT2D eigenvalue weighted by Crippen LogP contribution is -2.57. The van der Waals surface area contributed by atoms with E-state index >= 15 is 0 Å². The van der Waals surface area contributed by atoms with E-state index in [-0.39, 0.29) is 17.5 Å². The maximum absolute atomic E-state index is 12.4. The van der Waals surface area contributed by atoms with Gasteiger partial charge in [0.25, 0.3) is 5.89 Å². The highest BCUT2D eigenvalue weighted by atomic mass is 19.4. The zero-order valence-electron chi connectivity index (χ0n) is 19.9. The van der Waals surface area contributed by atoms with Gasteiger partial charge in [-0.2, -0.15) is 10.1 Å². The van der Waals surface area contributed by atoms with Gasteiger partial charge >= 0.3 is 6.36 Å². The van der Waals surface area contributed by atoms with Gasteiger partial charge in [-0.15, -0.1) is 13.2 Å². The molecule has 4 heterocycles. The molecule has 3 aromatic heterocycles. The van der Waals surface area contributed by atoms with Crippen LogP contribution in [0.1, 0.15) is 11.3 Å². The monoisotopic (exact) mass is 499 g/mol. The standard InChI is InChI=1S/C24H24F3N7O2/c1-15-10-20(23-29-22(31-36-23)17-4-6-19(7-5-17)35-24(25,26)27)30-34(15)12-16-8-9-28-21(11-16)33-13-18(14-33)32(2)3/h4-11,18H,12-14H2,1-3H3. The first-order valence-corrected chi connectivity index (χ1v) is 11.3. The molecular weight excluding hydrogens is 475 g/mol. The van der Waals surface area contributed by atoms with Crippen molar-refractivity contribution in [3.8, 4) is 28.7 Å². The molecule has 0 radical (unpaired) electrons. The van der Waals surface area contributed by atoms with E-state index in [0.717, 1.165) is 30.2 Å². The molecule has 188 valence electrons. The highest BCUT2D eigenvalue weighted by Gasteiger charge is 2.31. The molecule has 0 unspecified atom stereocenters. The second kappa shape index (κ2) is 9.26. The first kappa shape index (κ1) is 23.8. The van der Waals surface area contributed by atoms with Crippen molar-refractivity contribution in [2.45, 2.75) is 25.9 Å². The molecule has 0 bridgehead atoms. The van der Waals surface area contributed by atoms with Gasteiger partial charge in [0.15, 0.2) is 5.69 Å². The summed E-state index contributed by atoms with van der Waals surface area (Å²) >= 11 is 0. The van der Waals surface area contributed by atoms with Gasteiger partial charge < -0.3 is 19.1 Å². The molecular formula is C24H24F3N7O2. The molecule has 1 saturated heterocycles. The number of rotatable bonds is 7. The van der Waals surface area contributed by atoms with E-state index in [1.165, 1.54) is 24.3 Å². The summed E-state index contributed by atoms with van der Waals surface area (Å²) in [4.78, 5) is 13.3. The van der Waals surface area contributed by atoms with Crippen molar-refractivity contribution in [1.82, 2.24) is 29.8 Å². The van der Waals surface area contributed by atoms with Crippen LogP contribution in [0, 0.1) is 6.92 Å². The lowest BCUT2D eigenvalue weighted by Gasteiger charge is -2.43. The molecule has 12 heteroatoms. The zero-order chi connectivity index (χ0) is 25.4. The predicted molar refractivity (Wildman–Crippen MR) is 125 cm³/mol. The number of nitrogens with zero attached hydrogens (tertiary/aromatic N) is 7. The Kier molecular flexibility index (Phi) is 6.12. The highest BCUT2D eigenvalue weighted by Crippen LogP contribution is 2.27. The van der Waals surface area contributed by atoms with Gasteiger partial charge in [-0.05, 0) is 69.0 Å². The van der Waals surface area contributed by atoms with E-state index in [1.807, 2.05) is 29.9 Å². The van der Waals surface area contributed by atoms with Crippen molar-refractivity contribution in [3.05, 3.63) is 59.9 Å². The number of hydrogen-bond donors (Lipinski definition) is 0. The average molecular weight is 499 g/mol. The lowest BCUT2D eigenvalue weighted by atomic mass is 10.1. The molecule has 9 nitrogen and oxygen atoms in total. The number of anilines is 1. The van der Waals surface area contributed by atoms with Crippen LogP contribution in [0.2, 0.25) is 0 Å². The fraction of sp³-hybridized carbons (Fsp3) is 0.333. The Morgan fingerprint density at radius 1 is 1.11 bits per heavy atom. The summed E-state index contributed by atoms with van der Waals surface area (Å²) in [6.07, 6.45) is -2.94. The van der Waals surface area contributed by atoms with E-state index in [4.69, 9.17) is 4.52 Å². The number of ether oxygens (including phenoxy) is 1. The Morgan fingerprint density at radius 2 is 1.86 bits per heavy atom. The molecule has 0 atom stereocenters. The van der Waals surface area contributed by atoms with Crippen LogP contribution in [0.5, 0.6) is 5.75 Å². The minimum atomic E-state index is -4.75. The normalized spacial score (nSPS) is 14.4. The second-order valence-electron chi connectivity index (χ2n) is 8.87. The van der Waals surface area contributed by atoms with Crippen molar-refractivity contribution in [3.63, 3.8) is 0 Å². The van der Waals surface area contributed by atoms with Crippen LogP contribution in [-0.2, 0) is 6.54 Å². The van der Waals surface area contributed by atoms with Crippen LogP contribution in [0.15, 0.2) is 53.2 Å². The van der Waals surface area contributed by atoms with E-state index in [9.17, 15) is 13.2 Å². The molecule has 0 saturated carbocycles. The van der Waals surface area contributed by atoms with Gasteiger partial charge in [0.2, 0.25) is 5.82 Å². The Labute approximate surface area is 205 Å². The Morgan fingerprint density at radius 3 is 2.56 bits per heavy atom. The molecule has 0 amide bonds. The number of pyridine rings is 1. The Balaban J connectivity index is 1.28. The first-order chi connectivity index (χ1) is 17.1. The van der Waals surface area contributed by atoms with Crippen molar-refractivity contribution in [2.75, 3.05) is 32.1 Å². The van der Waals surface area contributed by atoms with Gasteiger partial charge in [-0.25, -0.2) is 4.98 Å². The largest absolute Gasteiger partial charge is 0.573 e. The lowest BCUT2D eigenvalue weighted by molar-refractivity contribution is -0.274. The van der Waals surface area contributed by atoms with Crippen molar-refractivity contribution in [1.29, 1.82) is 0 Å². The molecule has 4 aromatic rings. The average Bonchev–Trinajstić information content (AvgIpc) is 3.40. The Bertz CT molecular complexity index is 1340. The summed E-state index contributed by atoms with van der Waals surface area (Å²) in [7, 11) is 4.17. The zero-order valence-corrected chi connectivity index (χ0v) is 19.9. The number of aryl methyl sites for hydroxylation is 1. The SMILES string of the molecule is Cc1cc(-c2nc(-c3ccc(OC(F)(F)F)cc3)no2)nn1Cc1ccnc(N2CC(N(C)C)C2)c1. The number of aromatic nitrogens is 5. The fourth-order valence-corrected chi connectivity index (χ4v) is 3.90. The predicted octanol–water partition coefficient (Wildman–Crippen LogP) is 4.00. The Hall–Kier alpha value is -3.93. The number of hydrogen-bond acceptors (Lipinski definition) is 8. The summed E-state index contributed by atoms with van der Waals surface area (Å²) in [5.41, 5.74) is 2.98. The van der Waals surface area contributed by atoms with Gasteiger partial charge in [0.05, 0.1) is 6.54 Å². The third-order valence-corrected chi connectivity index (χ3v) is 6.03. The maximum Gasteiger partial charge on any atom is 0.573 e. The molecule has 0 aliphatic carbocycles. The summed E-state index contributed by atoms with van der Waals surface area (Å²) in [5.74, 6) is 1.08.